The molecule has 0 bridgehead atoms. The van der Waals surface area contributed by atoms with Crippen molar-refractivity contribution in [1.29, 1.82) is 0 Å². The van der Waals surface area contributed by atoms with Crippen LogP contribution in [0.5, 0.6) is 0 Å². The van der Waals surface area contributed by atoms with Crippen molar-refractivity contribution >= 4 is 33.8 Å². The van der Waals surface area contributed by atoms with Crippen LogP contribution in [0, 0.1) is 3.95 Å². The van der Waals surface area contributed by atoms with Crippen LogP contribution in [-0.4, -0.2) is 17.7 Å². The Morgan fingerprint density at radius 2 is 1.94 bits per heavy atom. The Kier molecular flexibility index (Phi) is 3.74. The van der Waals surface area contributed by atoms with E-state index in [1.165, 1.54) is 10.2 Å². The molecule has 0 saturated heterocycles. The molecule has 0 radical (unpaired) electrons. The molecule has 0 saturated carbocycles. The molecule has 0 aliphatic heterocycles. The van der Waals surface area contributed by atoms with Crippen molar-refractivity contribution in [2.24, 2.45) is 0 Å². The molecule has 16 heavy (non-hydrogen) atoms. The summed E-state index contributed by atoms with van der Waals surface area (Å²) in [5, 5.41) is 0. The largest absolute Gasteiger partial charge is 0.318 e. The fourth-order valence-corrected chi connectivity index (χ4v) is 3.18. The van der Waals surface area contributed by atoms with Crippen molar-refractivity contribution in [2.45, 2.75) is 20.5 Å². The summed E-state index contributed by atoms with van der Waals surface area (Å²) in [5.74, 6) is 0. The summed E-state index contributed by atoms with van der Waals surface area (Å²) >= 11 is 7.14. The lowest BCUT2D eigenvalue weighted by Gasteiger charge is -2.16. The molecule has 86 valence electrons. The summed E-state index contributed by atoms with van der Waals surface area (Å²) in [6.07, 6.45) is 0. The fraction of sp³-hybridized carbons (Fsp3) is 0.417. The van der Waals surface area contributed by atoms with Crippen LogP contribution in [0.4, 0.5) is 0 Å². The van der Waals surface area contributed by atoms with Gasteiger partial charge in [0, 0.05) is 0 Å². The summed E-state index contributed by atoms with van der Waals surface area (Å²) in [6, 6.07) is 8.45. The molecular weight excluding hydrogens is 236 g/mol. The standard InChI is InChI=1S/C12H16N2S2/c1-3-13(4-2)9-14-10-7-5-6-8-11(10)16-12(14)15/h5-8H,3-4,9H2,1-2H3/p+1. The van der Waals surface area contributed by atoms with Crippen LogP contribution in [0.15, 0.2) is 24.3 Å². The molecule has 0 amide bonds. The van der Waals surface area contributed by atoms with Gasteiger partial charge in [0.15, 0.2) is 10.6 Å². The Labute approximate surface area is 105 Å². The normalized spacial score (nSPS) is 11.4. The predicted molar refractivity (Wildman–Crippen MR) is 72.7 cm³/mol. The van der Waals surface area contributed by atoms with Crippen LogP contribution < -0.4 is 4.90 Å². The molecule has 0 fully saturated rings. The van der Waals surface area contributed by atoms with E-state index in [1.807, 2.05) is 0 Å². The third-order valence-electron chi connectivity index (χ3n) is 2.96. The highest BCUT2D eigenvalue weighted by molar-refractivity contribution is 7.73. The molecular formula is C12H17N2S2+. The monoisotopic (exact) mass is 253 g/mol. The number of thiazole rings is 1. The first-order valence-corrected chi connectivity index (χ1v) is 6.90. The first-order chi connectivity index (χ1) is 7.76. The second-order valence-corrected chi connectivity index (χ2v) is 5.55. The van der Waals surface area contributed by atoms with E-state index in [1.54, 1.807) is 16.2 Å². The quantitative estimate of drug-likeness (QED) is 0.823. The molecule has 0 unspecified atom stereocenters. The summed E-state index contributed by atoms with van der Waals surface area (Å²) in [7, 11) is 0. The molecule has 1 N–H and O–H groups in total. The number of aromatic nitrogens is 1. The Balaban J connectivity index is 2.43. The highest BCUT2D eigenvalue weighted by Gasteiger charge is 2.09. The van der Waals surface area contributed by atoms with E-state index in [-0.39, 0.29) is 0 Å². The average Bonchev–Trinajstić information content (AvgIpc) is 2.62. The van der Waals surface area contributed by atoms with Crippen LogP contribution in [0.2, 0.25) is 0 Å². The molecule has 0 aliphatic carbocycles. The Morgan fingerprint density at radius 3 is 2.62 bits per heavy atom. The maximum atomic E-state index is 5.44. The van der Waals surface area contributed by atoms with Crippen LogP contribution >= 0.6 is 23.6 Å². The number of quaternary nitrogens is 1. The highest BCUT2D eigenvalue weighted by atomic mass is 32.1. The lowest BCUT2D eigenvalue weighted by Crippen LogP contribution is -3.10. The van der Waals surface area contributed by atoms with Crippen molar-refractivity contribution in [3.63, 3.8) is 0 Å². The number of fused-ring (bicyclic) bond motifs is 1. The van der Waals surface area contributed by atoms with Gasteiger partial charge in [0.1, 0.15) is 0 Å². The van der Waals surface area contributed by atoms with E-state index in [2.05, 4.69) is 42.7 Å². The lowest BCUT2D eigenvalue weighted by molar-refractivity contribution is -0.919. The molecule has 1 aromatic heterocycles. The molecule has 0 spiro atoms. The first-order valence-electron chi connectivity index (χ1n) is 5.68. The maximum absolute atomic E-state index is 5.44. The Morgan fingerprint density at radius 1 is 1.25 bits per heavy atom. The van der Waals surface area contributed by atoms with Crippen LogP contribution in [0.1, 0.15) is 13.8 Å². The van der Waals surface area contributed by atoms with Gasteiger partial charge in [-0.05, 0) is 38.2 Å². The van der Waals surface area contributed by atoms with Gasteiger partial charge in [-0.2, -0.15) is 0 Å². The fourth-order valence-electron chi connectivity index (χ4n) is 1.86. The van der Waals surface area contributed by atoms with Crippen LogP contribution in [0.25, 0.3) is 10.2 Å². The second-order valence-electron chi connectivity index (χ2n) is 3.88. The van der Waals surface area contributed by atoms with E-state index in [9.17, 15) is 0 Å². The van der Waals surface area contributed by atoms with Gasteiger partial charge in [0.2, 0.25) is 0 Å². The maximum Gasteiger partial charge on any atom is 0.166 e. The first kappa shape index (κ1) is 11.8. The number of nitrogens with zero attached hydrogens (tertiary/aromatic N) is 1. The Bertz CT molecular complexity index is 523. The molecule has 2 nitrogen and oxygen atoms in total. The summed E-state index contributed by atoms with van der Waals surface area (Å²) in [4.78, 5) is 1.56. The molecule has 2 rings (SSSR count). The summed E-state index contributed by atoms with van der Waals surface area (Å²) < 4.78 is 4.54. The molecule has 1 aromatic carbocycles. The zero-order valence-corrected chi connectivity index (χ0v) is 11.3. The van der Waals surface area contributed by atoms with Crippen LogP contribution in [-0.2, 0) is 6.67 Å². The van der Waals surface area contributed by atoms with E-state index in [4.69, 9.17) is 12.2 Å². The zero-order chi connectivity index (χ0) is 11.5. The smallest absolute Gasteiger partial charge is 0.166 e. The number of para-hydroxylation sites is 1. The van der Waals surface area contributed by atoms with E-state index < -0.39 is 0 Å². The van der Waals surface area contributed by atoms with Gasteiger partial charge >= 0.3 is 0 Å². The van der Waals surface area contributed by atoms with E-state index in [0.717, 1.165) is 23.7 Å². The minimum atomic E-state index is 0.982. The van der Waals surface area contributed by atoms with Crippen molar-refractivity contribution in [3.8, 4) is 0 Å². The van der Waals surface area contributed by atoms with Gasteiger partial charge in [-0.3, -0.25) is 4.57 Å². The number of hydrogen-bond donors (Lipinski definition) is 1. The van der Waals surface area contributed by atoms with Gasteiger partial charge in [0.25, 0.3) is 0 Å². The number of benzene rings is 1. The topological polar surface area (TPSA) is 9.37 Å². The summed E-state index contributed by atoms with van der Waals surface area (Å²) in [5.41, 5.74) is 1.27. The van der Waals surface area contributed by atoms with Crippen molar-refractivity contribution in [1.82, 2.24) is 4.57 Å². The van der Waals surface area contributed by atoms with Gasteiger partial charge in [-0.25, -0.2) is 0 Å². The van der Waals surface area contributed by atoms with Crippen molar-refractivity contribution in [2.75, 3.05) is 13.1 Å². The third-order valence-corrected chi connectivity index (χ3v) is 4.39. The number of rotatable bonds is 4. The molecule has 0 aliphatic rings. The molecule has 4 heteroatoms. The highest BCUT2D eigenvalue weighted by Crippen LogP contribution is 2.21. The number of nitrogens with one attached hydrogen (secondary N) is 1. The third kappa shape index (κ3) is 2.19. The van der Waals surface area contributed by atoms with Gasteiger partial charge in [0.05, 0.1) is 23.3 Å². The number of hydrogen-bond acceptors (Lipinski definition) is 2. The minimum Gasteiger partial charge on any atom is -0.318 e. The van der Waals surface area contributed by atoms with Crippen molar-refractivity contribution in [3.05, 3.63) is 28.2 Å². The summed E-state index contributed by atoms with van der Waals surface area (Å²) in [6.45, 7) is 7.70. The van der Waals surface area contributed by atoms with Gasteiger partial charge in [-0.1, -0.05) is 12.1 Å². The predicted octanol–water partition coefficient (Wildman–Crippen LogP) is 2.31. The van der Waals surface area contributed by atoms with E-state index >= 15 is 0 Å². The second kappa shape index (κ2) is 5.08. The molecule has 0 atom stereocenters. The zero-order valence-electron chi connectivity index (χ0n) is 9.69. The van der Waals surface area contributed by atoms with E-state index in [0.29, 0.717) is 0 Å². The molecule has 1 heterocycles. The van der Waals surface area contributed by atoms with Gasteiger partial charge in [-0.15, -0.1) is 11.3 Å². The van der Waals surface area contributed by atoms with Gasteiger partial charge < -0.3 is 4.90 Å². The molecule has 2 aromatic rings. The minimum absolute atomic E-state index is 0.982. The van der Waals surface area contributed by atoms with Crippen molar-refractivity contribution < 1.29 is 4.90 Å². The average molecular weight is 253 g/mol. The van der Waals surface area contributed by atoms with Crippen LogP contribution in [0.3, 0.4) is 0 Å². The SMILES string of the molecule is CC[NH+](CC)Cn1c(=S)sc2ccccc21. The lowest BCUT2D eigenvalue weighted by atomic mass is 10.3. The Hall–Kier alpha value is -0.710.